The molecular formula is C25H31N3O4S. The van der Waals surface area contributed by atoms with E-state index >= 15 is 0 Å². The van der Waals surface area contributed by atoms with Crippen LogP contribution in [-0.4, -0.2) is 78.7 Å². The quantitative estimate of drug-likeness (QED) is 0.648. The van der Waals surface area contributed by atoms with E-state index in [9.17, 15) is 9.59 Å². The third-order valence-electron chi connectivity index (χ3n) is 6.27. The SMILES string of the molecule is COc1ccc(C2SCC(C(=O)N3CCN(Cc4ccccc4)CC3)N2C(C)=O)cc1OC. The zero-order valence-electron chi connectivity index (χ0n) is 19.4. The second kappa shape index (κ2) is 10.5. The molecule has 7 nitrogen and oxygen atoms in total. The van der Waals surface area contributed by atoms with Crippen LogP contribution >= 0.6 is 11.8 Å². The molecule has 2 saturated heterocycles. The van der Waals surface area contributed by atoms with Gasteiger partial charge in [-0.05, 0) is 23.3 Å². The third kappa shape index (κ3) is 5.12. The molecule has 0 saturated carbocycles. The van der Waals surface area contributed by atoms with Crippen molar-refractivity contribution in [2.75, 3.05) is 46.2 Å². The van der Waals surface area contributed by atoms with Crippen LogP contribution in [0, 0.1) is 0 Å². The summed E-state index contributed by atoms with van der Waals surface area (Å²) in [7, 11) is 3.19. The lowest BCUT2D eigenvalue weighted by Crippen LogP contribution is -2.54. The van der Waals surface area contributed by atoms with Gasteiger partial charge in [-0.3, -0.25) is 14.5 Å². The van der Waals surface area contributed by atoms with Crippen molar-refractivity contribution in [3.05, 3.63) is 59.7 Å². The molecule has 2 fully saturated rings. The summed E-state index contributed by atoms with van der Waals surface area (Å²) in [6.07, 6.45) is 0. The third-order valence-corrected chi connectivity index (χ3v) is 7.60. The van der Waals surface area contributed by atoms with E-state index < -0.39 is 6.04 Å². The summed E-state index contributed by atoms with van der Waals surface area (Å²) in [5, 5.41) is -0.226. The fourth-order valence-corrected chi connectivity index (χ4v) is 5.99. The van der Waals surface area contributed by atoms with Gasteiger partial charge in [-0.15, -0.1) is 11.8 Å². The van der Waals surface area contributed by atoms with Crippen LogP contribution in [-0.2, 0) is 16.1 Å². The monoisotopic (exact) mass is 469 g/mol. The lowest BCUT2D eigenvalue weighted by atomic mass is 10.1. The molecule has 0 N–H and O–H groups in total. The second-order valence-electron chi connectivity index (χ2n) is 8.33. The number of ether oxygens (including phenoxy) is 2. The molecule has 2 aliphatic rings. The molecular weight excluding hydrogens is 438 g/mol. The lowest BCUT2D eigenvalue weighted by Gasteiger charge is -2.37. The van der Waals surface area contributed by atoms with E-state index in [2.05, 4.69) is 29.2 Å². The van der Waals surface area contributed by atoms with Gasteiger partial charge in [0.15, 0.2) is 11.5 Å². The highest BCUT2D eigenvalue weighted by Crippen LogP contribution is 2.44. The Kier molecular flexibility index (Phi) is 7.45. The predicted molar refractivity (Wildman–Crippen MR) is 129 cm³/mol. The van der Waals surface area contributed by atoms with Crippen LogP contribution in [0.15, 0.2) is 48.5 Å². The molecule has 0 radical (unpaired) electrons. The van der Waals surface area contributed by atoms with Gasteiger partial charge in [0.1, 0.15) is 11.4 Å². The second-order valence-corrected chi connectivity index (χ2v) is 9.44. The van der Waals surface area contributed by atoms with Gasteiger partial charge in [0.05, 0.1) is 14.2 Å². The van der Waals surface area contributed by atoms with Crippen LogP contribution < -0.4 is 9.47 Å². The summed E-state index contributed by atoms with van der Waals surface area (Å²) >= 11 is 1.62. The van der Waals surface area contributed by atoms with Gasteiger partial charge < -0.3 is 19.3 Å². The Labute approximate surface area is 199 Å². The maximum Gasteiger partial charge on any atom is 0.246 e. The zero-order chi connectivity index (χ0) is 23.4. The first-order valence-corrected chi connectivity index (χ1v) is 12.2. The number of carbonyl (C=O) groups is 2. The molecule has 2 heterocycles. The smallest absolute Gasteiger partial charge is 0.246 e. The Morgan fingerprint density at radius 3 is 2.30 bits per heavy atom. The standard InChI is InChI=1S/C25H31N3O4S/c1-18(29)28-21(17-33-25(28)20-9-10-22(31-2)23(15-20)32-3)24(30)27-13-11-26(12-14-27)16-19-7-5-4-6-8-19/h4-10,15,21,25H,11-14,16-17H2,1-3H3. The normalized spacial score (nSPS) is 21.2. The number of hydrogen-bond acceptors (Lipinski definition) is 6. The molecule has 0 spiro atoms. The number of thioether (sulfide) groups is 1. The number of hydrogen-bond donors (Lipinski definition) is 0. The summed E-state index contributed by atoms with van der Waals surface area (Å²) < 4.78 is 10.8. The first-order valence-electron chi connectivity index (χ1n) is 11.2. The van der Waals surface area contributed by atoms with E-state index in [1.807, 2.05) is 29.2 Å². The van der Waals surface area contributed by atoms with Gasteiger partial charge in [-0.2, -0.15) is 0 Å². The number of benzene rings is 2. The highest BCUT2D eigenvalue weighted by atomic mass is 32.2. The number of piperazine rings is 1. The van der Waals surface area contributed by atoms with Crippen molar-refractivity contribution >= 4 is 23.6 Å². The highest BCUT2D eigenvalue weighted by molar-refractivity contribution is 7.99. The number of rotatable bonds is 6. The molecule has 2 aromatic carbocycles. The molecule has 2 unspecified atom stereocenters. The maximum atomic E-state index is 13.4. The van der Waals surface area contributed by atoms with Crippen molar-refractivity contribution in [2.24, 2.45) is 0 Å². The van der Waals surface area contributed by atoms with E-state index in [0.717, 1.165) is 25.2 Å². The Bertz CT molecular complexity index is 979. The molecule has 8 heteroatoms. The summed E-state index contributed by atoms with van der Waals surface area (Å²) in [6.45, 7) is 5.46. The Morgan fingerprint density at radius 2 is 1.67 bits per heavy atom. The van der Waals surface area contributed by atoms with Crippen LogP contribution in [0.2, 0.25) is 0 Å². The molecule has 176 valence electrons. The summed E-state index contributed by atoms with van der Waals surface area (Å²) in [5.41, 5.74) is 2.21. The first-order chi connectivity index (χ1) is 16.0. The van der Waals surface area contributed by atoms with E-state index in [1.54, 1.807) is 30.9 Å². The number of methoxy groups -OCH3 is 2. The fourth-order valence-electron chi connectivity index (χ4n) is 4.52. The van der Waals surface area contributed by atoms with Crippen LogP contribution in [0.1, 0.15) is 23.4 Å². The van der Waals surface area contributed by atoms with Gasteiger partial charge in [0, 0.05) is 45.4 Å². The van der Waals surface area contributed by atoms with Crippen molar-refractivity contribution in [1.82, 2.24) is 14.7 Å². The molecule has 2 atom stereocenters. The van der Waals surface area contributed by atoms with Gasteiger partial charge in [0.25, 0.3) is 0 Å². The minimum atomic E-state index is -0.453. The molecule has 33 heavy (non-hydrogen) atoms. The molecule has 0 aromatic heterocycles. The molecule has 4 rings (SSSR count). The largest absolute Gasteiger partial charge is 0.493 e. The van der Waals surface area contributed by atoms with Gasteiger partial charge in [0.2, 0.25) is 11.8 Å². The van der Waals surface area contributed by atoms with Crippen LogP contribution in [0.3, 0.4) is 0 Å². The van der Waals surface area contributed by atoms with Crippen molar-refractivity contribution in [2.45, 2.75) is 24.9 Å². The summed E-state index contributed by atoms with van der Waals surface area (Å²) in [4.78, 5) is 32.1. The molecule has 0 bridgehead atoms. The molecule has 2 amide bonds. The topological polar surface area (TPSA) is 62.3 Å². The van der Waals surface area contributed by atoms with Crippen LogP contribution in [0.4, 0.5) is 0 Å². The van der Waals surface area contributed by atoms with Gasteiger partial charge in [-0.25, -0.2) is 0 Å². The van der Waals surface area contributed by atoms with Crippen LogP contribution in [0.25, 0.3) is 0 Å². The number of nitrogens with zero attached hydrogens (tertiary/aromatic N) is 3. The van der Waals surface area contributed by atoms with Crippen molar-refractivity contribution in [1.29, 1.82) is 0 Å². The average Bonchev–Trinajstić information content (AvgIpc) is 3.30. The molecule has 0 aliphatic carbocycles. The van der Waals surface area contributed by atoms with Gasteiger partial charge >= 0.3 is 0 Å². The van der Waals surface area contributed by atoms with Crippen molar-refractivity contribution in [3.63, 3.8) is 0 Å². The van der Waals surface area contributed by atoms with Gasteiger partial charge in [-0.1, -0.05) is 36.4 Å². The predicted octanol–water partition coefficient (Wildman–Crippen LogP) is 3.01. The van der Waals surface area contributed by atoms with E-state index in [-0.39, 0.29) is 17.2 Å². The number of carbonyl (C=O) groups excluding carboxylic acids is 2. The zero-order valence-corrected chi connectivity index (χ0v) is 20.2. The Morgan fingerprint density at radius 1 is 0.970 bits per heavy atom. The molecule has 2 aromatic rings. The Balaban J connectivity index is 1.42. The molecule has 2 aliphatic heterocycles. The maximum absolute atomic E-state index is 13.4. The van der Waals surface area contributed by atoms with E-state index in [0.29, 0.717) is 30.3 Å². The fraction of sp³-hybridized carbons (Fsp3) is 0.440. The van der Waals surface area contributed by atoms with Crippen LogP contribution in [0.5, 0.6) is 11.5 Å². The average molecular weight is 470 g/mol. The van der Waals surface area contributed by atoms with Crippen molar-refractivity contribution < 1.29 is 19.1 Å². The minimum Gasteiger partial charge on any atom is -0.493 e. The van der Waals surface area contributed by atoms with Crippen molar-refractivity contribution in [3.8, 4) is 11.5 Å². The number of amides is 2. The summed E-state index contributed by atoms with van der Waals surface area (Å²) in [5.74, 6) is 1.78. The lowest BCUT2D eigenvalue weighted by molar-refractivity contribution is -0.145. The van der Waals surface area contributed by atoms with E-state index in [4.69, 9.17) is 9.47 Å². The Hall–Kier alpha value is -2.71. The minimum absolute atomic E-state index is 0.0417. The highest BCUT2D eigenvalue weighted by Gasteiger charge is 2.43. The summed E-state index contributed by atoms with van der Waals surface area (Å²) in [6, 6.07) is 15.6. The van der Waals surface area contributed by atoms with E-state index in [1.165, 1.54) is 12.5 Å². The first kappa shape index (κ1) is 23.4.